The molecule has 0 saturated heterocycles. The van der Waals surface area contributed by atoms with Gasteiger partial charge in [-0.15, -0.1) is 0 Å². The highest BCUT2D eigenvalue weighted by Crippen LogP contribution is 2.33. The maximum absolute atomic E-state index is 10.4. The molecule has 0 N–H and O–H groups in total. The molecule has 0 atom stereocenters. The number of carbonyl (C=O) groups excluding carboxylic acids is 1. The lowest BCUT2D eigenvalue weighted by molar-refractivity contribution is -0.117. The van der Waals surface area contributed by atoms with Gasteiger partial charge in [-0.25, -0.2) is 0 Å². The summed E-state index contributed by atoms with van der Waals surface area (Å²) in [6.45, 7) is 11.6. The van der Waals surface area contributed by atoms with Gasteiger partial charge in [0.2, 0.25) is 0 Å². The number of ketones is 1. The van der Waals surface area contributed by atoms with Crippen molar-refractivity contribution in [1.82, 2.24) is 0 Å². The minimum Gasteiger partial charge on any atom is -0.295 e. The summed E-state index contributed by atoms with van der Waals surface area (Å²) in [7, 11) is 0. The minimum absolute atomic E-state index is 0.109. The third-order valence-corrected chi connectivity index (χ3v) is 4.16. The fourth-order valence-corrected chi connectivity index (χ4v) is 2.91. The van der Waals surface area contributed by atoms with Crippen LogP contribution in [-0.2, 0) is 4.79 Å². The second-order valence-electron chi connectivity index (χ2n) is 6.65. The van der Waals surface area contributed by atoms with Gasteiger partial charge in [0.25, 0.3) is 0 Å². The van der Waals surface area contributed by atoms with E-state index in [2.05, 4.69) is 75.0 Å². The largest absolute Gasteiger partial charge is 0.295 e. The smallest absolute Gasteiger partial charge is 0.157 e. The van der Waals surface area contributed by atoms with Crippen LogP contribution in [0.4, 0.5) is 0 Å². The Bertz CT molecular complexity index is 802. The van der Waals surface area contributed by atoms with Crippen LogP contribution in [0, 0.1) is 5.92 Å². The highest BCUT2D eigenvalue weighted by Gasteiger charge is 2.09. The molecule has 3 aromatic carbocycles. The highest BCUT2D eigenvalue weighted by atomic mass is 16.1. The van der Waals surface area contributed by atoms with Crippen molar-refractivity contribution >= 4 is 27.3 Å². The Morgan fingerprint density at radius 3 is 1.67 bits per heavy atom. The average Bonchev–Trinajstić information content (AvgIpc) is 2.58. The van der Waals surface area contributed by atoms with Crippen molar-refractivity contribution in [3.63, 3.8) is 0 Å². The number of allylic oxidation sites excluding steroid dienone is 1. The third-order valence-electron chi connectivity index (χ3n) is 4.16. The van der Waals surface area contributed by atoms with E-state index in [4.69, 9.17) is 0 Å². The lowest BCUT2D eigenvalue weighted by Gasteiger charge is -2.14. The molecule has 0 aliphatic rings. The minimum atomic E-state index is 0.109. The van der Waals surface area contributed by atoms with Crippen LogP contribution in [-0.4, -0.2) is 5.78 Å². The molecular weight excluding hydrogens is 292 g/mol. The van der Waals surface area contributed by atoms with E-state index in [9.17, 15) is 4.79 Å². The molecule has 0 saturated carbocycles. The summed E-state index contributed by atoms with van der Waals surface area (Å²) in [6, 6.07) is 19.6. The summed E-state index contributed by atoms with van der Waals surface area (Å²) in [5.74, 6) is 0.767. The van der Waals surface area contributed by atoms with Crippen LogP contribution in [0.1, 0.15) is 39.2 Å². The quantitative estimate of drug-likeness (QED) is 0.397. The molecule has 0 spiro atoms. The molecule has 124 valence electrons. The SMILES string of the molecule is C=CC(=O)C(C)C.CC(C)c1c2ccccc2cc2ccccc12. The summed E-state index contributed by atoms with van der Waals surface area (Å²) in [4.78, 5) is 10.4. The van der Waals surface area contributed by atoms with Gasteiger partial charge in [-0.3, -0.25) is 4.79 Å². The predicted octanol–water partition coefficient (Wildman–Crippen LogP) is 6.51. The van der Waals surface area contributed by atoms with Gasteiger partial charge < -0.3 is 0 Å². The van der Waals surface area contributed by atoms with Crippen LogP contribution in [0.3, 0.4) is 0 Å². The van der Waals surface area contributed by atoms with Crippen molar-refractivity contribution in [1.29, 1.82) is 0 Å². The van der Waals surface area contributed by atoms with Crippen LogP contribution in [0.25, 0.3) is 21.5 Å². The zero-order valence-electron chi connectivity index (χ0n) is 15.0. The first kappa shape index (κ1) is 17.9. The number of hydrogen-bond donors (Lipinski definition) is 0. The number of rotatable bonds is 3. The van der Waals surface area contributed by atoms with Crippen LogP contribution < -0.4 is 0 Å². The third kappa shape index (κ3) is 3.91. The summed E-state index contributed by atoms with van der Waals surface area (Å²) in [5, 5.41) is 5.47. The second-order valence-corrected chi connectivity index (χ2v) is 6.65. The van der Waals surface area contributed by atoms with E-state index in [1.165, 1.54) is 33.2 Å². The van der Waals surface area contributed by atoms with Gasteiger partial charge in [-0.2, -0.15) is 0 Å². The molecule has 0 unspecified atom stereocenters. The molecule has 0 fully saturated rings. The van der Waals surface area contributed by atoms with Crippen LogP contribution in [0.2, 0.25) is 0 Å². The molecule has 0 radical (unpaired) electrons. The number of benzene rings is 3. The van der Waals surface area contributed by atoms with Gasteiger partial charge in [-0.05, 0) is 45.2 Å². The molecule has 0 heterocycles. The van der Waals surface area contributed by atoms with E-state index in [0.29, 0.717) is 5.92 Å². The maximum atomic E-state index is 10.4. The molecule has 1 nitrogen and oxygen atoms in total. The lowest BCUT2D eigenvalue weighted by atomic mass is 9.90. The Morgan fingerprint density at radius 2 is 1.33 bits per heavy atom. The van der Waals surface area contributed by atoms with Gasteiger partial charge in [0.15, 0.2) is 5.78 Å². The summed E-state index contributed by atoms with van der Waals surface area (Å²) in [5.41, 5.74) is 1.47. The molecule has 3 aromatic rings. The van der Waals surface area contributed by atoms with Crippen LogP contribution in [0.5, 0.6) is 0 Å². The molecule has 0 amide bonds. The van der Waals surface area contributed by atoms with Crippen molar-refractivity contribution in [2.24, 2.45) is 5.92 Å². The van der Waals surface area contributed by atoms with E-state index >= 15 is 0 Å². The monoisotopic (exact) mass is 318 g/mol. The van der Waals surface area contributed by atoms with Gasteiger partial charge in [0, 0.05) is 5.92 Å². The predicted molar refractivity (Wildman–Crippen MR) is 106 cm³/mol. The van der Waals surface area contributed by atoms with Crippen LogP contribution in [0.15, 0.2) is 67.3 Å². The molecule has 24 heavy (non-hydrogen) atoms. The molecule has 3 rings (SSSR count). The Kier molecular flexibility index (Phi) is 5.92. The Balaban J connectivity index is 0.000000256. The van der Waals surface area contributed by atoms with E-state index in [-0.39, 0.29) is 11.7 Å². The van der Waals surface area contributed by atoms with Crippen molar-refractivity contribution < 1.29 is 4.79 Å². The average molecular weight is 318 g/mol. The zero-order chi connectivity index (χ0) is 17.7. The van der Waals surface area contributed by atoms with Crippen molar-refractivity contribution in [3.8, 4) is 0 Å². The fraction of sp³-hybridized carbons (Fsp3) is 0.261. The molecule has 1 heteroatoms. The Labute approximate surface area is 145 Å². The van der Waals surface area contributed by atoms with Crippen molar-refractivity contribution in [3.05, 3.63) is 72.8 Å². The lowest BCUT2D eigenvalue weighted by Crippen LogP contribution is -2.00. The number of fused-ring (bicyclic) bond motifs is 2. The maximum Gasteiger partial charge on any atom is 0.157 e. The first-order valence-corrected chi connectivity index (χ1v) is 8.52. The van der Waals surface area contributed by atoms with Gasteiger partial charge in [0.05, 0.1) is 0 Å². The number of hydrogen-bond acceptors (Lipinski definition) is 1. The molecular formula is C23H26O. The van der Waals surface area contributed by atoms with E-state index in [0.717, 1.165) is 0 Å². The van der Waals surface area contributed by atoms with E-state index < -0.39 is 0 Å². The Morgan fingerprint density at radius 1 is 0.875 bits per heavy atom. The highest BCUT2D eigenvalue weighted by molar-refractivity contribution is 6.02. The Hall–Kier alpha value is -2.41. The summed E-state index contributed by atoms with van der Waals surface area (Å²) >= 11 is 0. The van der Waals surface area contributed by atoms with Crippen molar-refractivity contribution in [2.45, 2.75) is 33.6 Å². The molecule has 0 aliphatic carbocycles. The molecule has 0 aliphatic heterocycles. The normalized spacial score (nSPS) is 10.8. The van der Waals surface area contributed by atoms with Gasteiger partial charge in [-0.1, -0.05) is 82.8 Å². The number of carbonyl (C=O) groups is 1. The second kappa shape index (κ2) is 7.92. The zero-order valence-corrected chi connectivity index (χ0v) is 15.0. The topological polar surface area (TPSA) is 17.1 Å². The molecule has 0 bridgehead atoms. The first-order valence-electron chi connectivity index (χ1n) is 8.52. The first-order chi connectivity index (χ1) is 11.5. The van der Waals surface area contributed by atoms with Crippen LogP contribution >= 0.6 is 0 Å². The van der Waals surface area contributed by atoms with Gasteiger partial charge >= 0.3 is 0 Å². The van der Waals surface area contributed by atoms with E-state index in [1.807, 2.05) is 13.8 Å². The summed E-state index contributed by atoms with van der Waals surface area (Å²) in [6.07, 6.45) is 1.35. The fourth-order valence-electron chi connectivity index (χ4n) is 2.91. The van der Waals surface area contributed by atoms with Crippen molar-refractivity contribution in [2.75, 3.05) is 0 Å². The van der Waals surface area contributed by atoms with E-state index in [1.54, 1.807) is 0 Å². The summed E-state index contributed by atoms with van der Waals surface area (Å²) < 4.78 is 0. The standard InChI is InChI=1S/C17H16.C6H10O/c1-12(2)17-15-9-5-3-7-13(15)11-14-8-4-6-10-16(14)17;1-4-6(7)5(2)3/h3-12H,1-2H3;4-5H,1H2,2-3H3. The molecule has 0 aromatic heterocycles. The van der Waals surface area contributed by atoms with Gasteiger partial charge in [0.1, 0.15) is 0 Å².